The first-order chi connectivity index (χ1) is 9.42. The van der Waals surface area contributed by atoms with Crippen LogP contribution in [0.2, 0.25) is 0 Å². The third-order valence-corrected chi connectivity index (χ3v) is 3.66. The average molecular weight is 243 g/mol. The van der Waals surface area contributed by atoms with Gasteiger partial charge in [0, 0.05) is 5.39 Å². The molecule has 1 aliphatic heterocycles. The van der Waals surface area contributed by atoms with Gasteiger partial charge in [-0.15, -0.1) is 12.1 Å². The lowest BCUT2D eigenvalue weighted by Crippen LogP contribution is -1.99. The van der Waals surface area contributed by atoms with E-state index in [2.05, 4.69) is 77.5 Å². The largest absolute Gasteiger partial charge is 0.278 e. The van der Waals surface area contributed by atoms with Crippen LogP contribution in [0.4, 0.5) is 5.69 Å². The molecular weight excluding hydrogens is 230 g/mol. The first kappa shape index (κ1) is 10.5. The standard InChI is InChI=1S/C18H13N/c1-2-8-16-13-19(12-15(16)7-1)18-11-5-9-14-6-3-4-10-17(14)18/h1-11H,12H2. The first-order valence-corrected chi connectivity index (χ1v) is 6.52. The van der Waals surface area contributed by atoms with Crippen LogP contribution in [0.15, 0.2) is 66.7 Å². The summed E-state index contributed by atoms with van der Waals surface area (Å²) in [4.78, 5) is 0. The number of rotatable bonds is 1. The van der Waals surface area contributed by atoms with Gasteiger partial charge in [0.2, 0.25) is 0 Å². The summed E-state index contributed by atoms with van der Waals surface area (Å²) in [7, 11) is 0. The van der Waals surface area contributed by atoms with Crippen LogP contribution in [-0.4, -0.2) is 10.8 Å². The molecule has 0 saturated heterocycles. The lowest BCUT2D eigenvalue weighted by atomic mass is 10.1. The molecule has 3 aromatic carbocycles. The molecule has 0 aliphatic carbocycles. The van der Waals surface area contributed by atoms with Crippen LogP contribution >= 0.6 is 0 Å². The smallest absolute Gasteiger partial charge is 0.153 e. The van der Waals surface area contributed by atoms with Gasteiger partial charge < -0.3 is 0 Å². The van der Waals surface area contributed by atoms with Crippen molar-refractivity contribution in [3.63, 3.8) is 0 Å². The Morgan fingerprint density at radius 1 is 0.789 bits per heavy atom. The Balaban J connectivity index is 1.90. The third kappa shape index (κ3) is 1.66. The Bertz CT molecular complexity index is 794. The van der Waals surface area contributed by atoms with Crippen LogP contribution in [0.25, 0.3) is 10.8 Å². The van der Waals surface area contributed by atoms with Crippen molar-refractivity contribution in [1.82, 2.24) is 0 Å². The molecule has 0 saturated carbocycles. The van der Waals surface area contributed by atoms with Gasteiger partial charge in [-0.25, -0.2) is 0 Å². The van der Waals surface area contributed by atoms with Gasteiger partial charge in [0.15, 0.2) is 6.21 Å². The second-order valence-corrected chi connectivity index (χ2v) is 4.85. The Kier molecular flexibility index (Phi) is 2.25. The molecule has 90 valence electrons. The van der Waals surface area contributed by atoms with Crippen LogP contribution in [0.1, 0.15) is 11.1 Å². The van der Waals surface area contributed by atoms with E-state index in [1.807, 2.05) is 0 Å². The fourth-order valence-electron chi connectivity index (χ4n) is 2.71. The van der Waals surface area contributed by atoms with Gasteiger partial charge >= 0.3 is 0 Å². The van der Waals surface area contributed by atoms with Crippen molar-refractivity contribution < 1.29 is 4.58 Å². The summed E-state index contributed by atoms with van der Waals surface area (Å²) in [6.45, 7) is 0.907. The lowest BCUT2D eigenvalue weighted by Gasteiger charge is -2.07. The summed E-state index contributed by atoms with van der Waals surface area (Å²) in [5.74, 6) is 0. The molecule has 1 heteroatoms. The van der Waals surface area contributed by atoms with E-state index in [0.29, 0.717) is 0 Å². The minimum Gasteiger partial charge on any atom is -0.278 e. The van der Waals surface area contributed by atoms with E-state index in [1.54, 1.807) is 0 Å². The van der Waals surface area contributed by atoms with E-state index in [-0.39, 0.29) is 0 Å². The summed E-state index contributed by atoms with van der Waals surface area (Å²) in [5.41, 5.74) is 3.78. The molecule has 4 rings (SSSR count). The maximum atomic E-state index is 3.48. The van der Waals surface area contributed by atoms with E-state index < -0.39 is 0 Å². The molecule has 0 bridgehead atoms. The number of hydrogen-bond donors (Lipinski definition) is 0. The molecule has 1 heterocycles. The van der Waals surface area contributed by atoms with Crippen molar-refractivity contribution in [2.24, 2.45) is 0 Å². The normalized spacial score (nSPS) is 13.4. The number of fused-ring (bicyclic) bond motifs is 2. The zero-order chi connectivity index (χ0) is 12.7. The van der Waals surface area contributed by atoms with Gasteiger partial charge in [-0.05, 0) is 11.5 Å². The van der Waals surface area contributed by atoms with E-state index in [0.717, 1.165) is 6.54 Å². The zero-order valence-corrected chi connectivity index (χ0v) is 10.5. The topological polar surface area (TPSA) is 3.01 Å². The molecule has 0 radical (unpaired) electrons. The van der Waals surface area contributed by atoms with Gasteiger partial charge in [-0.1, -0.05) is 59.7 Å². The molecule has 1 aliphatic rings. The molecule has 0 N–H and O–H groups in total. The highest BCUT2D eigenvalue weighted by atomic mass is 15.0. The predicted molar refractivity (Wildman–Crippen MR) is 78.1 cm³/mol. The zero-order valence-electron chi connectivity index (χ0n) is 10.5. The minimum atomic E-state index is 0.907. The van der Waals surface area contributed by atoms with Crippen molar-refractivity contribution in [3.8, 4) is 0 Å². The highest BCUT2D eigenvalue weighted by Gasteiger charge is 2.15. The molecule has 3 aromatic rings. The second kappa shape index (κ2) is 4.06. The van der Waals surface area contributed by atoms with E-state index >= 15 is 0 Å². The molecule has 0 atom stereocenters. The molecule has 0 amide bonds. The van der Waals surface area contributed by atoms with Crippen molar-refractivity contribution in [1.29, 1.82) is 0 Å². The first-order valence-electron chi connectivity index (χ1n) is 6.52. The highest BCUT2D eigenvalue weighted by molar-refractivity contribution is 5.92. The maximum absolute atomic E-state index is 3.48. The van der Waals surface area contributed by atoms with Crippen LogP contribution in [0.5, 0.6) is 0 Å². The van der Waals surface area contributed by atoms with E-state index in [4.69, 9.17) is 0 Å². The Labute approximate surface area is 112 Å². The highest BCUT2D eigenvalue weighted by Crippen LogP contribution is 2.28. The number of benzene rings is 3. The van der Waals surface area contributed by atoms with Crippen molar-refractivity contribution in [2.45, 2.75) is 6.54 Å². The third-order valence-electron chi connectivity index (χ3n) is 3.66. The van der Waals surface area contributed by atoms with Crippen LogP contribution in [-0.2, 0) is 6.54 Å². The summed E-state index contributed by atoms with van der Waals surface area (Å²) in [6, 6.07) is 23.4. The molecule has 1 nitrogen and oxygen atoms in total. The number of hydrogen-bond acceptors (Lipinski definition) is 0. The molecule has 0 fully saturated rings. The molecule has 19 heavy (non-hydrogen) atoms. The SMILES string of the molecule is [C-]1=[N+](c2cccc3ccccc23)Cc2ccccc21. The van der Waals surface area contributed by atoms with Crippen molar-refractivity contribution in [3.05, 3.63) is 77.9 Å². The molecule has 0 spiro atoms. The summed E-state index contributed by atoms with van der Waals surface area (Å²) in [6.07, 6.45) is 3.48. The molecular formula is C18H13N. The minimum absolute atomic E-state index is 0.907. The van der Waals surface area contributed by atoms with Gasteiger partial charge in [0.1, 0.15) is 12.2 Å². The van der Waals surface area contributed by atoms with E-state index in [1.165, 1.54) is 27.6 Å². The molecule has 0 unspecified atom stereocenters. The summed E-state index contributed by atoms with van der Waals surface area (Å²) >= 11 is 0. The average Bonchev–Trinajstić information content (AvgIpc) is 2.90. The van der Waals surface area contributed by atoms with Crippen molar-refractivity contribution >= 4 is 22.7 Å². The van der Waals surface area contributed by atoms with Crippen LogP contribution in [0.3, 0.4) is 0 Å². The Morgan fingerprint density at radius 3 is 2.53 bits per heavy atom. The van der Waals surface area contributed by atoms with Gasteiger partial charge in [-0.2, -0.15) is 0 Å². The number of nitrogens with zero attached hydrogens (tertiary/aromatic N) is 1. The fraction of sp³-hybridized carbons (Fsp3) is 0.0556. The quantitative estimate of drug-likeness (QED) is 0.449. The predicted octanol–water partition coefficient (Wildman–Crippen LogP) is 3.99. The Hall–Kier alpha value is -2.41. The van der Waals surface area contributed by atoms with Gasteiger partial charge in [-0.3, -0.25) is 4.58 Å². The van der Waals surface area contributed by atoms with Crippen molar-refractivity contribution in [2.75, 3.05) is 0 Å². The lowest BCUT2D eigenvalue weighted by molar-refractivity contribution is -0.446. The van der Waals surface area contributed by atoms with Gasteiger partial charge in [0.25, 0.3) is 0 Å². The fourth-order valence-corrected chi connectivity index (χ4v) is 2.71. The second-order valence-electron chi connectivity index (χ2n) is 4.85. The Morgan fingerprint density at radius 2 is 1.58 bits per heavy atom. The summed E-state index contributed by atoms with van der Waals surface area (Å²) in [5, 5.41) is 2.56. The summed E-state index contributed by atoms with van der Waals surface area (Å²) < 4.78 is 2.22. The van der Waals surface area contributed by atoms with E-state index in [9.17, 15) is 0 Å². The van der Waals surface area contributed by atoms with Crippen LogP contribution in [0, 0.1) is 0 Å². The maximum Gasteiger partial charge on any atom is 0.153 e. The monoisotopic (exact) mass is 243 g/mol. The van der Waals surface area contributed by atoms with Crippen LogP contribution < -0.4 is 0 Å². The molecule has 0 aromatic heterocycles. The van der Waals surface area contributed by atoms with Gasteiger partial charge in [0.05, 0.1) is 0 Å².